The first kappa shape index (κ1) is 23.4. The van der Waals surface area contributed by atoms with Crippen LogP contribution in [0.15, 0.2) is 42.5 Å². The molecule has 0 aromatic heterocycles. The molecule has 0 unspecified atom stereocenters. The zero-order chi connectivity index (χ0) is 20.3. The molecule has 2 amide bonds. The predicted octanol–water partition coefficient (Wildman–Crippen LogP) is 5.56. The van der Waals surface area contributed by atoms with Crippen molar-refractivity contribution < 1.29 is 11.0 Å². The van der Waals surface area contributed by atoms with Crippen LogP contribution in [-0.4, -0.2) is 30.8 Å². The molecule has 0 radical (unpaired) electrons. The van der Waals surface area contributed by atoms with E-state index in [4.69, 9.17) is 0 Å². The van der Waals surface area contributed by atoms with Gasteiger partial charge in [0.25, 0.3) is 11.8 Å². The molecule has 2 rings (SSSR count). The molecule has 1 N–H and O–H groups in total. The Kier molecular flexibility index (Phi) is 10.7. The third-order valence-electron chi connectivity index (χ3n) is 3.65. The Bertz CT molecular complexity index is 711. The van der Waals surface area contributed by atoms with Gasteiger partial charge in [-0.3, -0.25) is 9.59 Å². The summed E-state index contributed by atoms with van der Waals surface area (Å²) < 4.78 is 0. The van der Waals surface area contributed by atoms with E-state index in [2.05, 4.69) is 5.32 Å². The number of aryl methyl sites for hydroxylation is 1. The molecule has 0 aliphatic rings. The number of anilines is 1. The van der Waals surface area contributed by atoms with Gasteiger partial charge in [-0.05, 0) is 55.3 Å². The third kappa shape index (κ3) is 6.36. The van der Waals surface area contributed by atoms with Crippen molar-refractivity contribution in [2.45, 2.75) is 41.5 Å². The van der Waals surface area contributed by atoms with E-state index in [1.807, 2.05) is 59.7 Å². The van der Waals surface area contributed by atoms with Crippen LogP contribution in [0.2, 0.25) is 0 Å². The van der Waals surface area contributed by atoms with E-state index in [9.17, 15) is 9.59 Å². The fourth-order valence-corrected chi connectivity index (χ4v) is 2.15. The second-order valence-corrected chi connectivity index (χ2v) is 5.48. The van der Waals surface area contributed by atoms with Crippen molar-refractivity contribution in [3.8, 4) is 0 Å². The highest BCUT2D eigenvalue weighted by atomic mass is 16.2. The molecule has 0 aliphatic heterocycles. The number of hydrogen-bond donors (Lipinski definition) is 1. The second kappa shape index (κ2) is 11.9. The summed E-state index contributed by atoms with van der Waals surface area (Å²) in [4.78, 5) is 25.7. The predicted molar refractivity (Wildman–Crippen MR) is 113 cm³/mol. The average Bonchev–Trinajstić information content (AvgIpc) is 2.67. The van der Waals surface area contributed by atoms with Crippen LogP contribution in [0.3, 0.4) is 0 Å². The summed E-state index contributed by atoms with van der Waals surface area (Å²) in [7, 11) is 3.41. The molecule has 2 aromatic rings. The number of nitrogens with zero attached hydrogens (tertiary/aromatic N) is 1. The summed E-state index contributed by atoms with van der Waals surface area (Å²) in [6.07, 6.45) is 0. The van der Waals surface area contributed by atoms with Crippen molar-refractivity contribution in [2.24, 2.45) is 0 Å². The van der Waals surface area contributed by atoms with E-state index >= 15 is 0 Å². The topological polar surface area (TPSA) is 49.4 Å². The average molecular weight is 359 g/mol. The molecule has 0 aliphatic carbocycles. The van der Waals surface area contributed by atoms with Crippen molar-refractivity contribution >= 4 is 17.5 Å². The lowest BCUT2D eigenvalue weighted by Gasteiger charge is -2.12. The van der Waals surface area contributed by atoms with Crippen molar-refractivity contribution in [2.75, 3.05) is 19.4 Å². The van der Waals surface area contributed by atoms with E-state index in [1.165, 1.54) is 4.90 Å². The first-order chi connectivity index (χ1) is 12.4. The van der Waals surface area contributed by atoms with Gasteiger partial charge < -0.3 is 10.2 Å². The highest BCUT2D eigenvalue weighted by Gasteiger charge is 2.11. The summed E-state index contributed by atoms with van der Waals surface area (Å²) in [5.41, 5.74) is 3.98. The molecule has 4 heteroatoms. The zero-order valence-corrected chi connectivity index (χ0v) is 17.3. The van der Waals surface area contributed by atoms with Gasteiger partial charge in [0.1, 0.15) is 0 Å². The standard InChI is InChI=1S/C18H20N2O2.2C2H6.H2/c1-12-6-5-7-16(13(12)2)17(21)19-15-10-8-14(9-11-15)18(22)20(3)4;2*1-2;/h5-11H,1-4H3,(H,19,21);2*1-2H3;1H. The van der Waals surface area contributed by atoms with Gasteiger partial charge in [-0.25, -0.2) is 0 Å². The SMILES string of the molecule is CC.CC.Cc1cccc(C(=O)Nc2ccc(C(=O)N(C)C)cc2)c1C.[HH]. The number of amides is 2. The third-order valence-corrected chi connectivity index (χ3v) is 3.65. The second-order valence-electron chi connectivity index (χ2n) is 5.48. The van der Waals surface area contributed by atoms with E-state index in [0.717, 1.165) is 11.1 Å². The summed E-state index contributed by atoms with van der Waals surface area (Å²) in [6.45, 7) is 11.9. The highest BCUT2D eigenvalue weighted by molar-refractivity contribution is 6.05. The van der Waals surface area contributed by atoms with Gasteiger partial charge in [0, 0.05) is 32.3 Å². The summed E-state index contributed by atoms with van der Waals surface area (Å²) in [6, 6.07) is 12.5. The zero-order valence-electron chi connectivity index (χ0n) is 17.3. The van der Waals surface area contributed by atoms with Gasteiger partial charge in [0.2, 0.25) is 0 Å². The van der Waals surface area contributed by atoms with Crippen molar-refractivity contribution in [1.82, 2.24) is 4.90 Å². The molecule has 0 atom stereocenters. The molecule has 4 nitrogen and oxygen atoms in total. The number of rotatable bonds is 3. The Morgan fingerprint density at radius 2 is 1.42 bits per heavy atom. The minimum atomic E-state index is -0.145. The van der Waals surface area contributed by atoms with E-state index in [-0.39, 0.29) is 13.2 Å². The largest absolute Gasteiger partial charge is 0.345 e. The quantitative estimate of drug-likeness (QED) is 0.781. The Labute approximate surface area is 159 Å². The summed E-state index contributed by atoms with van der Waals surface area (Å²) in [5, 5.41) is 2.86. The van der Waals surface area contributed by atoms with Crippen LogP contribution < -0.4 is 5.32 Å². The van der Waals surface area contributed by atoms with Crippen LogP contribution in [-0.2, 0) is 0 Å². The van der Waals surface area contributed by atoms with Crippen LogP contribution in [0.1, 0.15) is 61.0 Å². The first-order valence-electron chi connectivity index (χ1n) is 9.09. The minimum Gasteiger partial charge on any atom is -0.345 e. The molecule has 0 saturated heterocycles. The lowest BCUT2D eigenvalue weighted by Crippen LogP contribution is -2.21. The van der Waals surface area contributed by atoms with Gasteiger partial charge >= 0.3 is 0 Å². The van der Waals surface area contributed by atoms with Gasteiger partial charge in [-0.2, -0.15) is 0 Å². The van der Waals surface area contributed by atoms with E-state index < -0.39 is 0 Å². The van der Waals surface area contributed by atoms with Crippen LogP contribution in [0.5, 0.6) is 0 Å². The van der Waals surface area contributed by atoms with Crippen molar-refractivity contribution in [3.63, 3.8) is 0 Å². The Balaban J connectivity index is 0. The Morgan fingerprint density at radius 3 is 1.92 bits per heavy atom. The molecule has 0 saturated carbocycles. The normalized spacial score (nSPS) is 9.08. The van der Waals surface area contributed by atoms with Gasteiger partial charge in [0.15, 0.2) is 0 Å². The maximum atomic E-state index is 12.3. The lowest BCUT2D eigenvalue weighted by molar-refractivity contribution is 0.0827. The Hall–Kier alpha value is -2.62. The maximum absolute atomic E-state index is 12.3. The minimum absolute atomic E-state index is 0. The number of carbonyl (C=O) groups is 2. The van der Waals surface area contributed by atoms with Crippen LogP contribution in [0.25, 0.3) is 0 Å². The summed E-state index contributed by atoms with van der Waals surface area (Å²) >= 11 is 0. The van der Waals surface area contributed by atoms with Crippen LogP contribution in [0, 0.1) is 13.8 Å². The van der Waals surface area contributed by atoms with E-state index in [0.29, 0.717) is 16.8 Å². The lowest BCUT2D eigenvalue weighted by atomic mass is 10.0. The Morgan fingerprint density at radius 1 is 0.885 bits per heavy atom. The van der Waals surface area contributed by atoms with E-state index in [1.54, 1.807) is 38.4 Å². The highest BCUT2D eigenvalue weighted by Crippen LogP contribution is 2.16. The molecule has 144 valence electrons. The fraction of sp³-hybridized carbons (Fsp3) is 0.364. The molecule has 2 aromatic carbocycles. The number of nitrogens with one attached hydrogen (secondary N) is 1. The monoisotopic (exact) mass is 358 g/mol. The molecule has 0 heterocycles. The molecular formula is C22H34N2O2. The molecule has 26 heavy (non-hydrogen) atoms. The fourth-order valence-electron chi connectivity index (χ4n) is 2.15. The summed E-state index contributed by atoms with van der Waals surface area (Å²) in [5.74, 6) is -0.208. The number of carbonyl (C=O) groups excluding carboxylic acids is 2. The van der Waals surface area contributed by atoms with Gasteiger partial charge in [0.05, 0.1) is 0 Å². The van der Waals surface area contributed by atoms with Crippen molar-refractivity contribution in [1.29, 1.82) is 0 Å². The molecular weight excluding hydrogens is 324 g/mol. The van der Waals surface area contributed by atoms with Crippen LogP contribution >= 0.6 is 0 Å². The van der Waals surface area contributed by atoms with Gasteiger partial charge in [-0.15, -0.1) is 0 Å². The van der Waals surface area contributed by atoms with Crippen LogP contribution in [0.4, 0.5) is 5.69 Å². The smallest absolute Gasteiger partial charge is 0.255 e. The number of benzene rings is 2. The van der Waals surface area contributed by atoms with Gasteiger partial charge in [-0.1, -0.05) is 39.8 Å². The molecule has 0 spiro atoms. The molecule has 0 bridgehead atoms. The first-order valence-corrected chi connectivity index (χ1v) is 9.09. The number of hydrogen-bond acceptors (Lipinski definition) is 2. The maximum Gasteiger partial charge on any atom is 0.255 e. The molecule has 0 fully saturated rings. The van der Waals surface area contributed by atoms with Crippen molar-refractivity contribution in [3.05, 3.63) is 64.7 Å².